The fourth-order valence-corrected chi connectivity index (χ4v) is 2.84. The van der Waals surface area contributed by atoms with Crippen LogP contribution in [0.15, 0.2) is 11.6 Å². The number of ether oxygens (including phenoxy) is 1. The molecule has 8 N–H and O–H groups in total. The van der Waals surface area contributed by atoms with Crippen LogP contribution in [0.5, 0.6) is 0 Å². The molecular weight excluding hydrogens is 298 g/mol. The van der Waals surface area contributed by atoms with Crippen LogP contribution in [-0.4, -0.2) is 97.4 Å². The van der Waals surface area contributed by atoms with Gasteiger partial charge >= 0.3 is 0 Å². The lowest BCUT2D eigenvalue weighted by atomic mass is 9.86. The zero-order valence-corrected chi connectivity index (χ0v) is 12.0. The van der Waals surface area contributed by atoms with E-state index in [4.69, 9.17) is 4.74 Å². The zero-order chi connectivity index (χ0) is 16.6. The summed E-state index contributed by atoms with van der Waals surface area (Å²) in [6.45, 7) is 1.07. The third-order valence-corrected chi connectivity index (χ3v) is 4.25. The maximum Gasteiger partial charge on any atom is 0.183 e. The Labute approximate surface area is 127 Å². The van der Waals surface area contributed by atoms with Crippen LogP contribution in [0.3, 0.4) is 0 Å². The molecule has 9 nitrogen and oxygen atoms in total. The summed E-state index contributed by atoms with van der Waals surface area (Å²) in [6, 6.07) is -1.72. The van der Waals surface area contributed by atoms with E-state index in [1.165, 1.54) is 6.08 Å². The summed E-state index contributed by atoms with van der Waals surface area (Å²) in [5.41, 5.74) is 0.134. The normalized spacial score (nSPS) is 49.8. The maximum absolute atomic E-state index is 10.0. The molecule has 0 aromatic rings. The van der Waals surface area contributed by atoms with E-state index in [1.807, 2.05) is 0 Å². The summed E-state index contributed by atoms with van der Waals surface area (Å²) in [6.07, 6.45) is -7.99. The largest absolute Gasteiger partial charge is 0.392 e. The summed E-state index contributed by atoms with van der Waals surface area (Å²) < 4.78 is 5.08. The Morgan fingerprint density at radius 1 is 1.00 bits per heavy atom. The highest BCUT2D eigenvalue weighted by Crippen LogP contribution is 2.24. The minimum absolute atomic E-state index is 0.134. The van der Waals surface area contributed by atoms with Crippen molar-refractivity contribution in [3.8, 4) is 0 Å². The van der Waals surface area contributed by atoms with Gasteiger partial charge in [0.05, 0.1) is 24.8 Å². The molecule has 9 heteroatoms. The molecule has 0 saturated carbocycles. The second-order valence-electron chi connectivity index (χ2n) is 5.76. The van der Waals surface area contributed by atoms with Crippen molar-refractivity contribution in [1.82, 2.24) is 5.32 Å². The highest BCUT2D eigenvalue weighted by Gasteiger charge is 2.45. The molecule has 0 spiro atoms. The van der Waals surface area contributed by atoms with Gasteiger partial charge < -0.3 is 45.8 Å². The second kappa shape index (κ2) is 6.87. The van der Waals surface area contributed by atoms with Gasteiger partial charge in [0, 0.05) is 0 Å². The Bertz CT molecular complexity index is 419. The van der Waals surface area contributed by atoms with E-state index < -0.39 is 61.6 Å². The number of nitrogens with one attached hydrogen (secondary N) is 1. The number of aliphatic hydroxyl groups excluding tert-OH is 7. The first kappa shape index (κ1) is 17.7. The second-order valence-corrected chi connectivity index (χ2v) is 5.76. The summed E-state index contributed by atoms with van der Waals surface area (Å²) in [7, 11) is 0. The SMILES string of the molecule is C[C@@H]1O[C@H](O)[C@@H](O)[C@H](O)[C@H]1N[C@@H]1C=C(CO)[C@@H](O)[C@H](O)[C@@H]1O. The predicted octanol–water partition coefficient (Wildman–Crippen LogP) is -4.21. The van der Waals surface area contributed by atoms with E-state index in [1.54, 1.807) is 6.92 Å². The van der Waals surface area contributed by atoms with Crippen molar-refractivity contribution in [2.24, 2.45) is 0 Å². The van der Waals surface area contributed by atoms with E-state index in [2.05, 4.69) is 5.32 Å². The minimum atomic E-state index is -1.52. The van der Waals surface area contributed by atoms with Crippen LogP contribution >= 0.6 is 0 Å². The van der Waals surface area contributed by atoms with Gasteiger partial charge in [0.1, 0.15) is 30.5 Å². The van der Waals surface area contributed by atoms with E-state index in [0.717, 1.165) is 0 Å². The van der Waals surface area contributed by atoms with Crippen LogP contribution in [0.2, 0.25) is 0 Å². The van der Waals surface area contributed by atoms with E-state index in [-0.39, 0.29) is 5.57 Å². The van der Waals surface area contributed by atoms with Crippen molar-refractivity contribution in [2.75, 3.05) is 6.61 Å². The van der Waals surface area contributed by atoms with Gasteiger partial charge in [-0.3, -0.25) is 0 Å². The lowest BCUT2D eigenvalue weighted by molar-refractivity contribution is -0.254. The van der Waals surface area contributed by atoms with Crippen LogP contribution in [0.1, 0.15) is 6.92 Å². The number of hydrogen-bond donors (Lipinski definition) is 8. The van der Waals surface area contributed by atoms with E-state index in [0.29, 0.717) is 0 Å². The first-order valence-corrected chi connectivity index (χ1v) is 7.09. The number of rotatable bonds is 3. The molecule has 128 valence electrons. The topological polar surface area (TPSA) is 163 Å². The molecule has 1 fully saturated rings. The van der Waals surface area contributed by atoms with Crippen molar-refractivity contribution < 1.29 is 40.5 Å². The Kier molecular flexibility index (Phi) is 5.54. The molecule has 1 aliphatic heterocycles. The molecule has 9 atom stereocenters. The molecule has 0 bridgehead atoms. The van der Waals surface area contributed by atoms with Crippen molar-refractivity contribution in [1.29, 1.82) is 0 Å². The van der Waals surface area contributed by atoms with Crippen LogP contribution in [0, 0.1) is 0 Å². The van der Waals surface area contributed by atoms with Gasteiger partial charge in [-0.25, -0.2) is 0 Å². The Morgan fingerprint density at radius 3 is 2.23 bits per heavy atom. The van der Waals surface area contributed by atoms with E-state index in [9.17, 15) is 35.7 Å². The smallest absolute Gasteiger partial charge is 0.183 e. The Balaban J connectivity index is 2.16. The number of hydrogen-bond acceptors (Lipinski definition) is 9. The van der Waals surface area contributed by atoms with E-state index >= 15 is 0 Å². The molecule has 0 aromatic carbocycles. The van der Waals surface area contributed by atoms with Gasteiger partial charge in [-0.2, -0.15) is 0 Å². The zero-order valence-electron chi connectivity index (χ0n) is 12.0. The summed E-state index contributed by atoms with van der Waals surface area (Å²) >= 11 is 0. The highest BCUT2D eigenvalue weighted by molar-refractivity contribution is 5.22. The molecular formula is C13H23NO8. The van der Waals surface area contributed by atoms with Crippen molar-refractivity contribution in [3.05, 3.63) is 11.6 Å². The summed E-state index contributed by atoms with van der Waals surface area (Å²) in [4.78, 5) is 0. The highest BCUT2D eigenvalue weighted by atomic mass is 16.6. The Hall–Kier alpha value is -0.620. The third kappa shape index (κ3) is 3.18. The molecule has 2 aliphatic rings. The van der Waals surface area contributed by atoms with Crippen molar-refractivity contribution >= 4 is 0 Å². The quantitative estimate of drug-likeness (QED) is 0.241. The predicted molar refractivity (Wildman–Crippen MR) is 72.5 cm³/mol. The van der Waals surface area contributed by atoms with Gasteiger partial charge in [-0.05, 0) is 12.5 Å². The van der Waals surface area contributed by atoms with Gasteiger partial charge in [0.2, 0.25) is 0 Å². The summed E-state index contributed by atoms with van der Waals surface area (Å²) in [5.74, 6) is 0. The molecule has 2 rings (SSSR count). The molecule has 0 unspecified atom stereocenters. The molecule has 0 amide bonds. The average molecular weight is 321 g/mol. The molecule has 0 radical (unpaired) electrons. The van der Waals surface area contributed by atoms with Gasteiger partial charge in [-0.1, -0.05) is 6.08 Å². The Morgan fingerprint density at radius 2 is 1.64 bits per heavy atom. The van der Waals surface area contributed by atoms with Crippen LogP contribution in [0.4, 0.5) is 0 Å². The molecule has 22 heavy (non-hydrogen) atoms. The molecule has 1 heterocycles. The van der Waals surface area contributed by atoms with Gasteiger partial charge in [0.15, 0.2) is 6.29 Å². The monoisotopic (exact) mass is 321 g/mol. The van der Waals surface area contributed by atoms with Crippen LogP contribution in [-0.2, 0) is 4.74 Å². The molecule has 0 aromatic heterocycles. The fourth-order valence-electron chi connectivity index (χ4n) is 2.84. The lowest BCUT2D eigenvalue weighted by Gasteiger charge is -2.43. The van der Waals surface area contributed by atoms with Gasteiger partial charge in [-0.15, -0.1) is 0 Å². The third-order valence-electron chi connectivity index (χ3n) is 4.25. The lowest BCUT2D eigenvalue weighted by Crippen LogP contribution is -2.66. The van der Waals surface area contributed by atoms with Crippen molar-refractivity contribution in [2.45, 2.75) is 61.9 Å². The standard InChI is InChI=1S/C13H23NO8/c1-4-7(10(18)12(20)13(21)22-4)14-6-2-5(3-15)8(16)11(19)9(6)17/h2,4,6-21H,3H2,1H3/t4-,6+,7-,8+,9+,10+,11-,12-,13-/m0/s1. The van der Waals surface area contributed by atoms with Crippen LogP contribution in [0.25, 0.3) is 0 Å². The summed E-state index contributed by atoms with van der Waals surface area (Å²) in [5, 5.41) is 70.6. The average Bonchev–Trinajstić information content (AvgIpc) is 2.49. The molecule has 1 saturated heterocycles. The van der Waals surface area contributed by atoms with Gasteiger partial charge in [0.25, 0.3) is 0 Å². The van der Waals surface area contributed by atoms with Crippen LogP contribution < -0.4 is 5.32 Å². The minimum Gasteiger partial charge on any atom is -0.392 e. The first-order valence-electron chi connectivity index (χ1n) is 7.09. The van der Waals surface area contributed by atoms with Crippen molar-refractivity contribution in [3.63, 3.8) is 0 Å². The first-order chi connectivity index (χ1) is 10.3. The fraction of sp³-hybridized carbons (Fsp3) is 0.846. The number of aliphatic hydroxyl groups is 7. The maximum atomic E-state index is 10.0. The molecule has 1 aliphatic carbocycles.